The molecular formula is C18H26N8O2S. The van der Waals surface area contributed by atoms with Gasteiger partial charge < -0.3 is 20.4 Å². The maximum absolute atomic E-state index is 11.1. The zero-order valence-electron chi connectivity index (χ0n) is 16.7. The summed E-state index contributed by atoms with van der Waals surface area (Å²) in [7, 11) is 1.77. The first-order chi connectivity index (χ1) is 14.1. The number of nitro benzene ring substituents is 1. The number of aryl methyl sites for hydroxylation is 1. The average molecular weight is 419 g/mol. The van der Waals surface area contributed by atoms with Crippen LogP contribution in [0.1, 0.15) is 12.7 Å². The fourth-order valence-corrected chi connectivity index (χ4v) is 3.91. The molecule has 0 bridgehead atoms. The van der Waals surface area contributed by atoms with Crippen LogP contribution in [0.3, 0.4) is 0 Å². The topological polar surface area (TPSA) is 112 Å². The van der Waals surface area contributed by atoms with Gasteiger partial charge in [-0.1, -0.05) is 19.1 Å². The van der Waals surface area contributed by atoms with Crippen LogP contribution in [0.2, 0.25) is 0 Å². The maximum atomic E-state index is 11.1. The smallest absolute Gasteiger partial charge is 0.292 e. The van der Waals surface area contributed by atoms with Gasteiger partial charge in [0.25, 0.3) is 5.69 Å². The van der Waals surface area contributed by atoms with E-state index < -0.39 is 0 Å². The van der Waals surface area contributed by atoms with Gasteiger partial charge in [-0.2, -0.15) is 4.37 Å². The lowest BCUT2D eigenvalue weighted by Crippen LogP contribution is -2.53. The number of guanidine groups is 1. The molecule has 1 aliphatic heterocycles. The molecule has 0 saturated carbocycles. The highest BCUT2D eigenvalue weighted by atomic mass is 32.1. The molecule has 10 nitrogen and oxygen atoms in total. The van der Waals surface area contributed by atoms with Crippen LogP contribution >= 0.6 is 11.5 Å². The van der Waals surface area contributed by atoms with Crippen LogP contribution in [-0.2, 0) is 6.42 Å². The van der Waals surface area contributed by atoms with E-state index in [1.807, 2.05) is 0 Å². The molecule has 1 saturated heterocycles. The van der Waals surface area contributed by atoms with Gasteiger partial charge in [-0.3, -0.25) is 15.1 Å². The molecule has 0 amide bonds. The molecule has 0 spiro atoms. The van der Waals surface area contributed by atoms with E-state index in [4.69, 9.17) is 0 Å². The Morgan fingerprint density at radius 1 is 1.28 bits per heavy atom. The molecule has 29 heavy (non-hydrogen) atoms. The molecule has 2 aromatic rings. The summed E-state index contributed by atoms with van der Waals surface area (Å²) >= 11 is 1.46. The summed E-state index contributed by atoms with van der Waals surface area (Å²) in [4.78, 5) is 24.1. The summed E-state index contributed by atoms with van der Waals surface area (Å²) < 4.78 is 4.36. The number of hydrogen-bond acceptors (Lipinski definition) is 8. The van der Waals surface area contributed by atoms with Crippen LogP contribution in [0.25, 0.3) is 0 Å². The van der Waals surface area contributed by atoms with Crippen molar-refractivity contribution in [1.29, 1.82) is 0 Å². The number of para-hydroxylation sites is 2. The van der Waals surface area contributed by atoms with E-state index in [2.05, 4.69) is 41.7 Å². The van der Waals surface area contributed by atoms with Crippen molar-refractivity contribution in [3.8, 4) is 0 Å². The lowest BCUT2D eigenvalue weighted by Gasteiger charge is -2.36. The van der Waals surface area contributed by atoms with Crippen molar-refractivity contribution in [2.45, 2.75) is 13.3 Å². The first-order valence-electron chi connectivity index (χ1n) is 9.62. The predicted octanol–water partition coefficient (Wildman–Crippen LogP) is 1.82. The van der Waals surface area contributed by atoms with Crippen LogP contribution in [0.5, 0.6) is 0 Å². The van der Waals surface area contributed by atoms with E-state index in [0.717, 1.165) is 49.5 Å². The second kappa shape index (κ2) is 10.0. The molecule has 3 rings (SSSR count). The fourth-order valence-electron chi connectivity index (χ4n) is 3.11. The van der Waals surface area contributed by atoms with Gasteiger partial charge in [0, 0.05) is 70.3 Å². The number of benzene rings is 1. The first kappa shape index (κ1) is 20.8. The molecule has 2 N–H and O–H groups in total. The highest BCUT2D eigenvalue weighted by molar-refractivity contribution is 7.09. The van der Waals surface area contributed by atoms with Gasteiger partial charge in [-0.15, -0.1) is 0 Å². The van der Waals surface area contributed by atoms with Crippen molar-refractivity contribution >= 4 is 34.0 Å². The standard InChI is InChI=1S/C18H26N8O2S/c1-3-16-22-18(29-23-16)25-12-10-24(11-13-25)17(19-2)21-9-8-20-14-6-4-5-7-15(14)26(27)28/h4-7,20H,3,8-13H2,1-2H3,(H,19,21). The number of nitrogens with one attached hydrogen (secondary N) is 2. The molecule has 1 aromatic heterocycles. The summed E-state index contributed by atoms with van der Waals surface area (Å²) in [5.41, 5.74) is 0.599. The van der Waals surface area contributed by atoms with Gasteiger partial charge >= 0.3 is 0 Å². The Bertz CT molecular complexity index is 848. The lowest BCUT2D eigenvalue weighted by molar-refractivity contribution is -0.384. The minimum absolute atomic E-state index is 0.0795. The molecule has 0 radical (unpaired) electrons. The second-order valence-electron chi connectivity index (χ2n) is 6.50. The largest absolute Gasteiger partial charge is 0.378 e. The van der Waals surface area contributed by atoms with Gasteiger partial charge in [0.05, 0.1) is 4.92 Å². The van der Waals surface area contributed by atoms with Crippen molar-refractivity contribution in [2.24, 2.45) is 4.99 Å². The van der Waals surface area contributed by atoms with Crippen LogP contribution in [-0.4, -0.2) is 71.5 Å². The van der Waals surface area contributed by atoms with Crippen molar-refractivity contribution < 1.29 is 4.92 Å². The summed E-state index contributed by atoms with van der Waals surface area (Å²) in [6, 6.07) is 6.65. The Labute approximate surface area is 174 Å². The summed E-state index contributed by atoms with van der Waals surface area (Å²) in [6.45, 7) is 6.64. The highest BCUT2D eigenvalue weighted by Gasteiger charge is 2.22. The SMILES string of the molecule is CCc1nsc(N2CCN(C(=NC)NCCNc3ccccc3[N+](=O)[O-])CC2)n1. The Morgan fingerprint density at radius 3 is 2.69 bits per heavy atom. The number of aromatic nitrogens is 2. The highest BCUT2D eigenvalue weighted by Crippen LogP contribution is 2.22. The fraction of sp³-hybridized carbons (Fsp3) is 0.500. The molecular weight excluding hydrogens is 392 g/mol. The van der Waals surface area contributed by atoms with Crippen molar-refractivity contribution in [3.63, 3.8) is 0 Å². The molecule has 11 heteroatoms. The third kappa shape index (κ3) is 5.31. The lowest BCUT2D eigenvalue weighted by atomic mass is 10.2. The van der Waals surface area contributed by atoms with Gasteiger partial charge in [-0.25, -0.2) is 4.98 Å². The Morgan fingerprint density at radius 2 is 2.03 bits per heavy atom. The van der Waals surface area contributed by atoms with Crippen molar-refractivity contribution in [3.05, 3.63) is 40.2 Å². The molecule has 0 unspecified atom stereocenters. The summed E-state index contributed by atoms with van der Waals surface area (Å²) in [6.07, 6.45) is 0.854. The van der Waals surface area contributed by atoms with Gasteiger partial charge in [0.15, 0.2) is 5.96 Å². The number of piperazine rings is 1. The van der Waals surface area contributed by atoms with E-state index in [-0.39, 0.29) is 10.6 Å². The quantitative estimate of drug-likeness (QED) is 0.230. The third-order valence-corrected chi connectivity index (χ3v) is 5.47. The van der Waals surface area contributed by atoms with E-state index in [1.54, 1.807) is 25.2 Å². The Balaban J connectivity index is 1.45. The Hall–Kier alpha value is -2.95. The summed E-state index contributed by atoms with van der Waals surface area (Å²) in [5.74, 6) is 1.73. The van der Waals surface area contributed by atoms with Gasteiger partial charge in [0.1, 0.15) is 11.5 Å². The number of hydrogen-bond donors (Lipinski definition) is 2. The van der Waals surface area contributed by atoms with Gasteiger partial charge in [-0.05, 0) is 6.07 Å². The second-order valence-corrected chi connectivity index (χ2v) is 7.23. The monoisotopic (exact) mass is 418 g/mol. The van der Waals surface area contributed by atoms with E-state index >= 15 is 0 Å². The first-order valence-corrected chi connectivity index (χ1v) is 10.4. The van der Waals surface area contributed by atoms with Crippen LogP contribution in [0, 0.1) is 10.1 Å². The van der Waals surface area contributed by atoms with Crippen LogP contribution in [0.15, 0.2) is 29.3 Å². The summed E-state index contributed by atoms with van der Waals surface area (Å²) in [5, 5.41) is 18.5. The van der Waals surface area contributed by atoms with Gasteiger partial charge in [0.2, 0.25) is 5.13 Å². The number of rotatable bonds is 7. The third-order valence-electron chi connectivity index (χ3n) is 4.66. The Kier molecular flexibility index (Phi) is 7.17. The molecule has 1 fully saturated rings. The molecule has 156 valence electrons. The molecule has 0 atom stereocenters. The number of nitro groups is 1. The number of nitrogens with zero attached hydrogens (tertiary/aromatic N) is 6. The average Bonchev–Trinajstić information content (AvgIpc) is 3.23. The van der Waals surface area contributed by atoms with Crippen LogP contribution < -0.4 is 15.5 Å². The van der Waals surface area contributed by atoms with Crippen LogP contribution in [0.4, 0.5) is 16.5 Å². The van der Waals surface area contributed by atoms with E-state index in [1.165, 1.54) is 17.6 Å². The number of anilines is 2. The van der Waals surface area contributed by atoms with Crippen molar-refractivity contribution in [2.75, 3.05) is 56.5 Å². The molecule has 0 aliphatic carbocycles. The minimum atomic E-state index is -0.379. The van der Waals surface area contributed by atoms with Crippen molar-refractivity contribution in [1.82, 2.24) is 19.6 Å². The number of aliphatic imine (C=N–C) groups is 1. The maximum Gasteiger partial charge on any atom is 0.292 e. The minimum Gasteiger partial charge on any atom is -0.378 e. The molecule has 1 aromatic carbocycles. The molecule has 2 heterocycles. The van der Waals surface area contributed by atoms with E-state index in [0.29, 0.717) is 18.8 Å². The molecule has 1 aliphatic rings. The zero-order valence-corrected chi connectivity index (χ0v) is 17.5. The van der Waals surface area contributed by atoms with E-state index in [9.17, 15) is 10.1 Å². The zero-order chi connectivity index (χ0) is 20.6. The normalized spacial score (nSPS) is 14.8. The predicted molar refractivity (Wildman–Crippen MR) is 116 cm³/mol.